The van der Waals surface area contributed by atoms with Crippen molar-refractivity contribution < 1.29 is 19.0 Å². The van der Waals surface area contributed by atoms with Crippen LogP contribution in [0.4, 0.5) is 0 Å². The number of amides is 1. The van der Waals surface area contributed by atoms with Crippen molar-refractivity contribution >= 4 is 5.91 Å². The minimum atomic E-state index is -0.373. The second-order valence-electron chi connectivity index (χ2n) is 8.49. The van der Waals surface area contributed by atoms with Crippen LogP contribution < -0.4 is 25.1 Å². The summed E-state index contributed by atoms with van der Waals surface area (Å²) in [5, 5.41) is 11.0. The zero-order valence-corrected chi connectivity index (χ0v) is 20.6. The monoisotopic (exact) mass is 480 g/mol. The number of nitrogens with zero attached hydrogens (tertiary/aromatic N) is 2. The van der Waals surface area contributed by atoms with Crippen molar-refractivity contribution in [1.82, 2.24) is 20.5 Å². The molecule has 0 fully saturated rings. The molecule has 0 saturated carbocycles. The summed E-state index contributed by atoms with van der Waals surface area (Å²) >= 11 is 0. The third kappa shape index (κ3) is 7.56. The maximum Gasteiger partial charge on any atom is 0.273 e. The molecule has 0 atom stereocenters. The number of methoxy groups -OCH3 is 2. The molecule has 0 bridgehead atoms. The lowest BCUT2D eigenvalue weighted by molar-refractivity contribution is -0.121. The smallest absolute Gasteiger partial charge is 0.273 e. The largest absolute Gasteiger partial charge is 0.497 e. The molecule has 186 valence electrons. The highest BCUT2D eigenvalue weighted by molar-refractivity contribution is 5.76. The number of hydrogen-bond donors (Lipinski definition) is 2. The highest BCUT2D eigenvalue weighted by atomic mass is 16.5. The van der Waals surface area contributed by atoms with Gasteiger partial charge in [-0.3, -0.25) is 9.59 Å². The van der Waals surface area contributed by atoms with Crippen LogP contribution in [0.25, 0.3) is 11.4 Å². The first kappa shape index (κ1) is 25.7. The maximum atomic E-state index is 12.5. The van der Waals surface area contributed by atoms with Crippen LogP contribution in [-0.2, 0) is 17.8 Å². The molecule has 0 saturated heterocycles. The van der Waals surface area contributed by atoms with Gasteiger partial charge in [0.05, 0.1) is 14.2 Å². The fourth-order valence-electron chi connectivity index (χ4n) is 3.33. The summed E-state index contributed by atoms with van der Waals surface area (Å²) in [6.45, 7) is 5.16. The Balaban J connectivity index is 1.64. The molecule has 1 amide bonds. The van der Waals surface area contributed by atoms with E-state index in [1.807, 2.05) is 24.3 Å². The summed E-state index contributed by atoms with van der Waals surface area (Å²) < 4.78 is 16.6. The number of ether oxygens (including phenoxy) is 3. The molecule has 0 spiro atoms. The van der Waals surface area contributed by atoms with Gasteiger partial charge in [-0.2, -0.15) is 0 Å². The van der Waals surface area contributed by atoms with Crippen molar-refractivity contribution in [2.24, 2.45) is 5.92 Å². The first-order chi connectivity index (χ1) is 16.9. The fraction of sp³-hybridized carbons (Fsp3) is 0.385. The molecule has 2 aromatic carbocycles. The molecule has 2 N–H and O–H groups in total. The quantitative estimate of drug-likeness (QED) is 0.407. The molecule has 1 aromatic heterocycles. The van der Waals surface area contributed by atoms with Crippen molar-refractivity contribution in [2.75, 3.05) is 20.8 Å². The summed E-state index contributed by atoms with van der Waals surface area (Å²) in [5.41, 5.74) is 1.42. The number of nitrogens with one attached hydrogen (secondary N) is 2. The van der Waals surface area contributed by atoms with Gasteiger partial charge in [0, 0.05) is 24.9 Å². The second-order valence-corrected chi connectivity index (χ2v) is 8.49. The van der Waals surface area contributed by atoms with Crippen molar-refractivity contribution in [3.63, 3.8) is 0 Å². The molecule has 3 rings (SSSR count). The number of rotatable bonds is 12. The first-order valence-corrected chi connectivity index (χ1v) is 11.6. The zero-order chi connectivity index (χ0) is 25.2. The van der Waals surface area contributed by atoms with Gasteiger partial charge in [-0.15, -0.1) is 10.2 Å². The molecular formula is C26H32N4O5. The van der Waals surface area contributed by atoms with Gasteiger partial charge < -0.3 is 24.5 Å². The average Bonchev–Trinajstić information content (AvgIpc) is 2.86. The number of aromatic nitrogens is 3. The van der Waals surface area contributed by atoms with Gasteiger partial charge in [-0.25, -0.2) is 0 Å². The Hall–Kier alpha value is -3.88. The number of hydrogen-bond acceptors (Lipinski definition) is 7. The summed E-state index contributed by atoms with van der Waals surface area (Å²) in [5.74, 6) is 2.52. The Morgan fingerprint density at radius 1 is 1.06 bits per heavy atom. The van der Waals surface area contributed by atoms with Crippen LogP contribution in [0.15, 0.2) is 47.3 Å². The Bertz CT molecular complexity index is 1190. The van der Waals surface area contributed by atoms with Crippen molar-refractivity contribution in [3.05, 3.63) is 64.1 Å². The Morgan fingerprint density at radius 3 is 2.60 bits per heavy atom. The van der Waals surface area contributed by atoms with Gasteiger partial charge in [0.2, 0.25) is 5.91 Å². The van der Waals surface area contributed by atoms with E-state index in [1.165, 1.54) is 0 Å². The van der Waals surface area contributed by atoms with Crippen LogP contribution in [0.1, 0.15) is 37.9 Å². The predicted molar refractivity (Wildman–Crippen MR) is 133 cm³/mol. The molecule has 9 nitrogen and oxygen atoms in total. The van der Waals surface area contributed by atoms with Crippen LogP contribution in [0.3, 0.4) is 0 Å². The second kappa shape index (κ2) is 12.5. The first-order valence-electron chi connectivity index (χ1n) is 11.6. The Morgan fingerprint density at radius 2 is 1.89 bits per heavy atom. The number of benzene rings is 2. The topological polar surface area (TPSA) is 115 Å². The van der Waals surface area contributed by atoms with E-state index < -0.39 is 0 Å². The molecular weight excluding hydrogens is 448 g/mol. The van der Waals surface area contributed by atoms with Gasteiger partial charge in [-0.1, -0.05) is 26.0 Å². The molecule has 3 aromatic rings. The van der Waals surface area contributed by atoms with Crippen LogP contribution in [0.2, 0.25) is 0 Å². The van der Waals surface area contributed by atoms with Crippen LogP contribution in [0.5, 0.6) is 17.2 Å². The van der Waals surface area contributed by atoms with Crippen molar-refractivity contribution in [1.29, 1.82) is 0 Å². The standard InChI is InChI=1S/C26H32N4O5/c1-17(2)12-13-27-24(31)11-9-21-26(32)28-25(30-29-21)19-8-10-22(23(15-19)34-4)35-16-18-6-5-7-20(14-18)33-3/h5-8,10,14-15,17H,9,11-13,16H2,1-4H3,(H,27,31)(H,28,30,32). The van der Waals surface area contributed by atoms with E-state index >= 15 is 0 Å². The van der Waals surface area contributed by atoms with E-state index in [4.69, 9.17) is 14.2 Å². The van der Waals surface area contributed by atoms with Crippen molar-refractivity contribution in [2.45, 2.75) is 39.7 Å². The molecule has 0 unspecified atom stereocenters. The summed E-state index contributed by atoms with van der Waals surface area (Å²) in [4.78, 5) is 27.2. The lowest BCUT2D eigenvalue weighted by Gasteiger charge is -2.12. The highest BCUT2D eigenvalue weighted by Gasteiger charge is 2.13. The van der Waals surface area contributed by atoms with Crippen LogP contribution in [-0.4, -0.2) is 41.9 Å². The van der Waals surface area contributed by atoms with Gasteiger partial charge >= 0.3 is 0 Å². The third-order valence-corrected chi connectivity index (χ3v) is 5.36. The minimum Gasteiger partial charge on any atom is -0.497 e. The van der Waals surface area contributed by atoms with Gasteiger partial charge in [0.25, 0.3) is 5.56 Å². The number of carbonyl (C=O) groups is 1. The molecule has 35 heavy (non-hydrogen) atoms. The van der Waals surface area contributed by atoms with E-state index in [9.17, 15) is 9.59 Å². The van der Waals surface area contributed by atoms with Gasteiger partial charge in [0.1, 0.15) is 18.1 Å². The molecule has 1 heterocycles. The highest BCUT2D eigenvalue weighted by Crippen LogP contribution is 2.31. The summed E-state index contributed by atoms with van der Waals surface area (Å²) in [7, 11) is 3.16. The molecule has 0 aliphatic carbocycles. The van der Waals surface area contributed by atoms with E-state index in [0.717, 1.165) is 17.7 Å². The fourth-order valence-corrected chi connectivity index (χ4v) is 3.33. The minimum absolute atomic E-state index is 0.106. The molecule has 0 aliphatic rings. The van der Waals surface area contributed by atoms with Gasteiger partial charge in [0.15, 0.2) is 17.3 Å². The van der Waals surface area contributed by atoms with E-state index in [1.54, 1.807) is 32.4 Å². The molecule has 9 heteroatoms. The summed E-state index contributed by atoms with van der Waals surface area (Å²) in [6, 6.07) is 12.9. The Labute approximate surface area is 204 Å². The summed E-state index contributed by atoms with van der Waals surface area (Å²) in [6.07, 6.45) is 1.31. The molecule has 0 radical (unpaired) electrons. The lowest BCUT2D eigenvalue weighted by atomic mass is 10.1. The maximum absolute atomic E-state index is 12.5. The van der Waals surface area contributed by atoms with Gasteiger partial charge in [-0.05, 0) is 48.2 Å². The third-order valence-electron chi connectivity index (χ3n) is 5.36. The van der Waals surface area contributed by atoms with E-state index in [0.29, 0.717) is 42.0 Å². The van der Waals surface area contributed by atoms with E-state index in [-0.39, 0.29) is 30.0 Å². The zero-order valence-electron chi connectivity index (χ0n) is 20.6. The Kier molecular flexibility index (Phi) is 9.23. The normalized spacial score (nSPS) is 10.8. The number of aryl methyl sites for hydroxylation is 1. The molecule has 0 aliphatic heterocycles. The number of H-pyrrole nitrogens is 1. The number of aromatic amines is 1. The number of carbonyl (C=O) groups excluding carboxylic acids is 1. The van der Waals surface area contributed by atoms with Crippen LogP contribution in [0, 0.1) is 5.92 Å². The predicted octanol–water partition coefficient (Wildman–Crippen LogP) is 3.52. The van der Waals surface area contributed by atoms with Crippen molar-refractivity contribution in [3.8, 4) is 28.6 Å². The van der Waals surface area contributed by atoms with Crippen LogP contribution >= 0.6 is 0 Å². The average molecular weight is 481 g/mol. The SMILES string of the molecule is COc1cccc(COc2ccc(-c3nnc(CCC(=O)NCCC(C)C)c(=O)[nH]3)cc2OC)c1. The lowest BCUT2D eigenvalue weighted by Crippen LogP contribution is -2.27. The van der Waals surface area contributed by atoms with E-state index in [2.05, 4.69) is 34.3 Å².